The molecule has 0 bridgehead atoms. The Hall–Kier alpha value is -1.94. The molecule has 1 aromatic carbocycles. The number of fused-ring (bicyclic) bond motifs is 1. The molecule has 1 heterocycles. The molecule has 1 N–H and O–H groups in total. The third-order valence-electron chi connectivity index (χ3n) is 3.06. The van der Waals surface area contributed by atoms with Gasteiger partial charge in [0, 0.05) is 26.0 Å². The third-order valence-corrected chi connectivity index (χ3v) is 3.06. The number of amides is 1. The predicted octanol–water partition coefficient (Wildman–Crippen LogP) is 1.80. The van der Waals surface area contributed by atoms with Gasteiger partial charge in [0.2, 0.25) is 5.91 Å². The lowest BCUT2D eigenvalue weighted by Crippen LogP contribution is -2.41. The van der Waals surface area contributed by atoms with Crippen molar-refractivity contribution in [3.8, 4) is 0 Å². The fourth-order valence-corrected chi connectivity index (χ4v) is 1.94. The van der Waals surface area contributed by atoms with Crippen LogP contribution >= 0.6 is 0 Å². The van der Waals surface area contributed by atoms with Crippen LogP contribution in [0.15, 0.2) is 36.4 Å². The van der Waals surface area contributed by atoms with E-state index in [2.05, 4.69) is 16.4 Å². The van der Waals surface area contributed by atoms with Gasteiger partial charge in [0.05, 0.1) is 17.3 Å². The van der Waals surface area contributed by atoms with Crippen LogP contribution in [0.1, 0.15) is 12.6 Å². The molecule has 0 aliphatic rings. The summed E-state index contributed by atoms with van der Waals surface area (Å²) in [5, 5.41) is 4.32. The molecule has 0 aliphatic heterocycles. The number of nitrogens with one attached hydrogen (secondary N) is 1. The van der Waals surface area contributed by atoms with Crippen molar-refractivity contribution in [3.63, 3.8) is 0 Å². The van der Waals surface area contributed by atoms with Gasteiger partial charge in [0.1, 0.15) is 0 Å². The summed E-state index contributed by atoms with van der Waals surface area (Å²) < 4.78 is 0. The molecular formula is C15H19N3O. The van der Waals surface area contributed by atoms with Crippen LogP contribution in [-0.4, -0.2) is 35.9 Å². The van der Waals surface area contributed by atoms with Gasteiger partial charge in [-0.1, -0.05) is 24.3 Å². The Morgan fingerprint density at radius 2 is 2.00 bits per heavy atom. The quantitative estimate of drug-likeness (QED) is 0.908. The zero-order chi connectivity index (χ0) is 13.8. The van der Waals surface area contributed by atoms with Crippen molar-refractivity contribution >= 4 is 16.8 Å². The standard InChI is InChI=1S/C15H19N3O/c1-11(15(19)18(2)3)16-10-13-9-8-12-6-4-5-7-14(12)17-13/h4-9,11,16H,10H2,1-3H3. The van der Waals surface area contributed by atoms with Crippen LogP contribution < -0.4 is 5.32 Å². The lowest BCUT2D eigenvalue weighted by atomic mass is 10.2. The average molecular weight is 257 g/mol. The van der Waals surface area contributed by atoms with Crippen molar-refractivity contribution < 1.29 is 4.79 Å². The van der Waals surface area contributed by atoms with E-state index in [9.17, 15) is 4.79 Å². The maximum absolute atomic E-state index is 11.7. The van der Waals surface area contributed by atoms with Crippen molar-refractivity contribution in [1.82, 2.24) is 15.2 Å². The number of likely N-dealkylation sites (N-methyl/N-ethyl adjacent to an activating group) is 1. The number of aromatic nitrogens is 1. The van der Waals surface area contributed by atoms with Crippen molar-refractivity contribution in [3.05, 3.63) is 42.1 Å². The van der Waals surface area contributed by atoms with Gasteiger partial charge in [-0.3, -0.25) is 9.78 Å². The summed E-state index contributed by atoms with van der Waals surface area (Å²) in [5.41, 5.74) is 1.92. The minimum Gasteiger partial charge on any atom is -0.347 e. The van der Waals surface area contributed by atoms with E-state index in [1.165, 1.54) is 0 Å². The summed E-state index contributed by atoms with van der Waals surface area (Å²) >= 11 is 0. The third kappa shape index (κ3) is 3.29. The summed E-state index contributed by atoms with van der Waals surface area (Å²) in [5.74, 6) is 0.0702. The van der Waals surface area contributed by atoms with E-state index in [0.29, 0.717) is 6.54 Å². The molecule has 19 heavy (non-hydrogen) atoms. The Balaban J connectivity index is 2.04. The number of rotatable bonds is 4. The molecule has 100 valence electrons. The molecule has 0 spiro atoms. The zero-order valence-corrected chi connectivity index (χ0v) is 11.6. The van der Waals surface area contributed by atoms with Crippen molar-refractivity contribution in [2.45, 2.75) is 19.5 Å². The van der Waals surface area contributed by atoms with E-state index < -0.39 is 0 Å². The zero-order valence-electron chi connectivity index (χ0n) is 11.6. The number of hydrogen-bond donors (Lipinski definition) is 1. The molecule has 0 fully saturated rings. The first kappa shape index (κ1) is 13.5. The van der Waals surface area contributed by atoms with Crippen molar-refractivity contribution in [2.24, 2.45) is 0 Å². The van der Waals surface area contributed by atoms with E-state index in [1.807, 2.05) is 37.3 Å². The van der Waals surface area contributed by atoms with Crippen LogP contribution in [0, 0.1) is 0 Å². The smallest absolute Gasteiger partial charge is 0.238 e. The Kier molecular flexibility index (Phi) is 4.12. The monoisotopic (exact) mass is 257 g/mol. The minimum atomic E-state index is -0.205. The Bertz CT molecular complexity index is 580. The summed E-state index contributed by atoms with van der Waals surface area (Å²) in [6, 6.07) is 11.8. The number of carbonyl (C=O) groups is 1. The largest absolute Gasteiger partial charge is 0.347 e. The highest BCUT2D eigenvalue weighted by Gasteiger charge is 2.13. The number of pyridine rings is 1. The predicted molar refractivity (Wildman–Crippen MR) is 76.7 cm³/mol. The van der Waals surface area contributed by atoms with Gasteiger partial charge >= 0.3 is 0 Å². The highest BCUT2D eigenvalue weighted by molar-refractivity contribution is 5.81. The SMILES string of the molecule is CC(NCc1ccc2ccccc2n1)C(=O)N(C)C. The molecule has 1 amide bonds. The first-order chi connectivity index (χ1) is 9.08. The maximum atomic E-state index is 11.7. The van der Waals surface area contributed by atoms with E-state index in [-0.39, 0.29) is 11.9 Å². The van der Waals surface area contributed by atoms with Crippen LogP contribution in [0.2, 0.25) is 0 Å². The number of carbonyl (C=O) groups excluding carboxylic acids is 1. The van der Waals surface area contributed by atoms with Crippen LogP contribution in [0.4, 0.5) is 0 Å². The fraction of sp³-hybridized carbons (Fsp3) is 0.333. The van der Waals surface area contributed by atoms with E-state index >= 15 is 0 Å². The second-order valence-corrected chi connectivity index (χ2v) is 4.83. The first-order valence-corrected chi connectivity index (χ1v) is 6.37. The minimum absolute atomic E-state index is 0.0702. The molecule has 0 saturated carbocycles. The van der Waals surface area contributed by atoms with Gasteiger partial charge in [-0.15, -0.1) is 0 Å². The average Bonchev–Trinajstić information content (AvgIpc) is 2.43. The van der Waals surface area contributed by atoms with Gasteiger partial charge in [-0.25, -0.2) is 0 Å². The molecule has 0 aliphatic carbocycles. The number of nitrogens with zero attached hydrogens (tertiary/aromatic N) is 2. The van der Waals surface area contributed by atoms with Gasteiger partial charge < -0.3 is 10.2 Å². The van der Waals surface area contributed by atoms with Crippen LogP contribution in [0.5, 0.6) is 0 Å². The molecule has 2 rings (SSSR count). The molecule has 1 unspecified atom stereocenters. The summed E-state index contributed by atoms with van der Waals surface area (Å²) in [6.45, 7) is 2.45. The van der Waals surface area contributed by atoms with E-state index in [1.54, 1.807) is 19.0 Å². The van der Waals surface area contributed by atoms with Crippen LogP contribution in [0.3, 0.4) is 0 Å². The van der Waals surface area contributed by atoms with E-state index in [0.717, 1.165) is 16.6 Å². The van der Waals surface area contributed by atoms with Gasteiger partial charge in [-0.05, 0) is 19.1 Å². The number of para-hydroxylation sites is 1. The Morgan fingerprint density at radius 3 is 2.74 bits per heavy atom. The van der Waals surface area contributed by atoms with Gasteiger partial charge in [-0.2, -0.15) is 0 Å². The molecule has 1 atom stereocenters. The summed E-state index contributed by atoms with van der Waals surface area (Å²) in [6.07, 6.45) is 0. The van der Waals surface area contributed by atoms with Gasteiger partial charge in [0.25, 0.3) is 0 Å². The second-order valence-electron chi connectivity index (χ2n) is 4.83. The molecule has 1 aromatic heterocycles. The first-order valence-electron chi connectivity index (χ1n) is 6.37. The van der Waals surface area contributed by atoms with Crippen molar-refractivity contribution in [1.29, 1.82) is 0 Å². The normalized spacial score (nSPS) is 12.4. The molecule has 0 radical (unpaired) electrons. The summed E-state index contributed by atoms with van der Waals surface area (Å²) in [7, 11) is 3.52. The molecular weight excluding hydrogens is 238 g/mol. The maximum Gasteiger partial charge on any atom is 0.238 e. The molecule has 4 heteroatoms. The lowest BCUT2D eigenvalue weighted by molar-refractivity contribution is -0.130. The number of benzene rings is 1. The topological polar surface area (TPSA) is 45.2 Å². The lowest BCUT2D eigenvalue weighted by Gasteiger charge is -2.17. The van der Waals surface area contributed by atoms with Crippen molar-refractivity contribution in [2.75, 3.05) is 14.1 Å². The number of hydrogen-bond acceptors (Lipinski definition) is 3. The molecule has 2 aromatic rings. The van der Waals surface area contributed by atoms with Gasteiger partial charge in [0.15, 0.2) is 0 Å². The van der Waals surface area contributed by atoms with Crippen LogP contribution in [-0.2, 0) is 11.3 Å². The molecule has 4 nitrogen and oxygen atoms in total. The second kappa shape index (κ2) is 5.80. The Morgan fingerprint density at radius 1 is 1.26 bits per heavy atom. The Labute approximate surface area is 113 Å². The van der Waals surface area contributed by atoms with E-state index in [4.69, 9.17) is 0 Å². The summed E-state index contributed by atoms with van der Waals surface area (Å²) in [4.78, 5) is 17.9. The highest BCUT2D eigenvalue weighted by atomic mass is 16.2. The molecule has 0 saturated heterocycles. The fourth-order valence-electron chi connectivity index (χ4n) is 1.94. The van der Waals surface area contributed by atoms with Crippen LogP contribution in [0.25, 0.3) is 10.9 Å². The highest BCUT2D eigenvalue weighted by Crippen LogP contribution is 2.11.